The van der Waals surface area contributed by atoms with E-state index in [4.69, 9.17) is 42.1 Å². The number of nitrogens with zero attached hydrogens (tertiary/aromatic N) is 4. The molecule has 2 amide bonds. The van der Waals surface area contributed by atoms with Gasteiger partial charge in [-0.2, -0.15) is 20.5 Å². The molecule has 0 aromatic heterocycles. The molecule has 16 heteroatoms. The fourth-order valence-electron chi connectivity index (χ4n) is 5.15. The third-order valence-electron chi connectivity index (χ3n) is 7.68. The zero-order valence-electron chi connectivity index (χ0n) is 31.7. The summed E-state index contributed by atoms with van der Waals surface area (Å²) in [5.74, 6) is -0.644. The van der Waals surface area contributed by atoms with Gasteiger partial charge in [0.25, 0.3) is 11.8 Å². The van der Waals surface area contributed by atoms with Gasteiger partial charge in [-0.1, -0.05) is 35.3 Å². The maximum absolute atomic E-state index is 13.2. The molecular formula is C40H42Cl2N6O8. The van der Waals surface area contributed by atoms with Crippen LogP contribution in [0.25, 0.3) is 11.1 Å². The molecule has 56 heavy (non-hydrogen) atoms. The molecule has 4 aromatic carbocycles. The van der Waals surface area contributed by atoms with Crippen molar-refractivity contribution in [2.45, 2.75) is 53.6 Å². The van der Waals surface area contributed by atoms with Crippen LogP contribution in [0.1, 0.15) is 41.5 Å². The minimum Gasteiger partial charge on any atom is -0.494 e. The Kier molecular flexibility index (Phi) is 15.9. The SMILES string of the molecule is CCOc1ccc(OCC)c(NC(=O)C(N=Nc2ccc(-c3ccc(N=NC(C(C)=O)C(=O)Nc4cc(OCC)ccc4OCC)cc3Cl)c(Cl)c2)C(C)=O)c1. The molecule has 2 N–H and O–H groups in total. The highest BCUT2D eigenvalue weighted by atomic mass is 35.5. The van der Waals surface area contributed by atoms with Crippen LogP contribution in [0.15, 0.2) is 93.3 Å². The molecule has 0 aliphatic rings. The van der Waals surface area contributed by atoms with Gasteiger partial charge >= 0.3 is 0 Å². The van der Waals surface area contributed by atoms with Gasteiger partial charge in [-0.25, -0.2) is 0 Å². The molecule has 0 saturated carbocycles. The second-order valence-electron chi connectivity index (χ2n) is 11.8. The predicted molar refractivity (Wildman–Crippen MR) is 215 cm³/mol. The van der Waals surface area contributed by atoms with Crippen molar-refractivity contribution < 1.29 is 38.1 Å². The van der Waals surface area contributed by atoms with E-state index in [0.717, 1.165) is 0 Å². The van der Waals surface area contributed by atoms with E-state index in [1.54, 1.807) is 60.7 Å². The molecule has 0 fully saturated rings. The number of ketones is 2. The lowest BCUT2D eigenvalue weighted by atomic mass is 10.0. The Morgan fingerprint density at radius 2 is 0.929 bits per heavy atom. The van der Waals surface area contributed by atoms with Gasteiger partial charge < -0.3 is 29.6 Å². The van der Waals surface area contributed by atoms with Crippen molar-refractivity contribution in [1.29, 1.82) is 0 Å². The van der Waals surface area contributed by atoms with E-state index >= 15 is 0 Å². The van der Waals surface area contributed by atoms with Gasteiger partial charge in [0, 0.05) is 23.3 Å². The third-order valence-corrected chi connectivity index (χ3v) is 8.30. The number of nitrogens with one attached hydrogen (secondary N) is 2. The van der Waals surface area contributed by atoms with Crippen molar-refractivity contribution in [3.63, 3.8) is 0 Å². The first-order valence-electron chi connectivity index (χ1n) is 17.7. The number of azo groups is 2. The molecule has 14 nitrogen and oxygen atoms in total. The number of rotatable bonds is 19. The number of hydrogen-bond acceptors (Lipinski definition) is 12. The summed E-state index contributed by atoms with van der Waals surface area (Å²) in [6.07, 6.45) is 0. The Hall–Kier alpha value is -5.86. The minimum atomic E-state index is -1.46. The molecule has 2 atom stereocenters. The molecular weight excluding hydrogens is 763 g/mol. The van der Waals surface area contributed by atoms with Crippen molar-refractivity contribution in [2.24, 2.45) is 20.5 Å². The highest BCUT2D eigenvalue weighted by Gasteiger charge is 2.26. The monoisotopic (exact) mass is 804 g/mol. The zero-order valence-corrected chi connectivity index (χ0v) is 33.2. The third kappa shape index (κ3) is 11.6. The van der Waals surface area contributed by atoms with E-state index in [9.17, 15) is 19.2 Å². The van der Waals surface area contributed by atoms with Crippen LogP contribution in [0.2, 0.25) is 10.0 Å². The summed E-state index contributed by atoms with van der Waals surface area (Å²) in [5, 5.41) is 22.2. The van der Waals surface area contributed by atoms with E-state index in [1.807, 2.05) is 27.7 Å². The van der Waals surface area contributed by atoms with Gasteiger partial charge in [0.05, 0.1) is 59.2 Å². The van der Waals surface area contributed by atoms with E-state index in [1.165, 1.54) is 26.0 Å². The normalized spacial score (nSPS) is 12.2. The average Bonchev–Trinajstić information content (AvgIpc) is 3.14. The van der Waals surface area contributed by atoms with E-state index in [2.05, 4.69) is 31.1 Å². The molecule has 4 rings (SSSR count). The summed E-state index contributed by atoms with van der Waals surface area (Å²) >= 11 is 13.3. The van der Waals surface area contributed by atoms with E-state index < -0.39 is 35.5 Å². The number of halogens is 2. The number of ether oxygens (including phenoxy) is 4. The fourth-order valence-corrected chi connectivity index (χ4v) is 5.70. The van der Waals surface area contributed by atoms with Gasteiger partial charge in [0.2, 0.25) is 12.1 Å². The number of carbonyl (C=O) groups is 4. The number of amides is 2. The largest absolute Gasteiger partial charge is 0.494 e. The first kappa shape index (κ1) is 42.9. The second-order valence-corrected chi connectivity index (χ2v) is 12.6. The Balaban J connectivity index is 1.49. The Bertz CT molecular complexity index is 1980. The van der Waals surface area contributed by atoms with Gasteiger partial charge in [-0.15, -0.1) is 0 Å². The number of carbonyl (C=O) groups excluding carboxylic acids is 4. The summed E-state index contributed by atoms with van der Waals surface area (Å²) in [5.41, 5.74) is 2.28. The van der Waals surface area contributed by atoms with Crippen LogP contribution in [0.5, 0.6) is 23.0 Å². The summed E-state index contributed by atoms with van der Waals surface area (Å²) in [6.45, 7) is 11.3. The molecule has 0 saturated heterocycles. The van der Waals surface area contributed by atoms with Crippen LogP contribution >= 0.6 is 23.2 Å². The van der Waals surface area contributed by atoms with Crippen molar-refractivity contribution in [3.8, 4) is 34.1 Å². The van der Waals surface area contributed by atoms with Gasteiger partial charge in [-0.3, -0.25) is 19.2 Å². The predicted octanol–water partition coefficient (Wildman–Crippen LogP) is 9.62. The summed E-state index contributed by atoms with van der Waals surface area (Å²) in [6, 6.07) is 16.6. The standard InChI is InChI=1S/C40H42Cl2N6O8/c1-7-53-27-13-17-35(55-9-3)33(21-27)43-39(51)37(23(5)49)47-45-25-11-15-29(31(41)19-25)30-16-12-26(20-32(30)42)46-48-38(24(6)50)40(52)44-34-22-28(54-8-2)14-18-36(34)56-10-4/h11-22,37-38H,7-10H2,1-6H3,(H,43,51)(H,44,52). The van der Waals surface area contributed by atoms with Crippen LogP contribution < -0.4 is 29.6 Å². The molecule has 0 spiro atoms. The molecule has 0 aliphatic heterocycles. The summed E-state index contributed by atoms with van der Waals surface area (Å²) in [4.78, 5) is 51.3. The Morgan fingerprint density at radius 3 is 1.25 bits per heavy atom. The first-order chi connectivity index (χ1) is 26.9. The Morgan fingerprint density at radius 1 is 0.554 bits per heavy atom. The van der Waals surface area contributed by atoms with E-state index in [-0.39, 0.29) is 21.4 Å². The topological polar surface area (TPSA) is 179 Å². The highest BCUT2D eigenvalue weighted by molar-refractivity contribution is 6.36. The maximum atomic E-state index is 13.2. The van der Waals surface area contributed by atoms with Crippen molar-refractivity contribution >= 4 is 69.3 Å². The molecule has 0 aliphatic carbocycles. The smallest absolute Gasteiger partial charge is 0.258 e. The lowest BCUT2D eigenvalue weighted by molar-refractivity contribution is -0.127. The second kappa shape index (κ2) is 20.7. The number of Topliss-reactive ketones (excluding diaryl/α,β-unsaturated/α-hetero) is 2. The molecule has 4 aromatic rings. The lowest BCUT2D eigenvalue weighted by Crippen LogP contribution is -2.32. The van der Waals surface area contributed by atoms with Crippen molar-refractivity contribution in [3.05, 3.63) is 82.8 Å². The first-order valence-corrected chi connectivity index (χ1v) is 18.5. The highest BCUT2D eigenvalue weighted by Crippen LogP contribution is 2.38. The summed E-state index contributed by atoms with van der Waals surface area (Å²) in [7, 11) is 0. The number of benzene rings is 4. The minimum absolute atomic E-state index is 0.254. The number of anilines is 2. The van der Waals surface area contributed by atoms with Gasteiger partial charge in [-0.05, 0) is 90.1 Å². The number of hydrogen-bond donors (Lipinski definition) is 2. The van der Waals surface area contributed by atoms with Crippen LogP contribution in [0.3, 0.4) is 0 Å². The molecule has 0 bridgehead atoms. The quantitative estimate of drug-likeness (QED) is 0.0695. The van der Waals surface area contributed by atoms with Crippen molar-refractivity contribution in [1.82, 2.24) is 0 Å². The molecule has 294 valence electrons. The molecule has 2 unspecified atom stereocenters. The zero-order chi connectivity index (χ0) is 40.8. The summed E-state index contributed by atoms with van der Waals surface area (Å²) < 4.78 is 22.3. The van der Waals surface area contributed by atoms with Gasteiger partial charge in [0.1, 0.15) is 23.0 Å². The van der Waals surface area contributed by atoms with Crippen LogP contribution in [-0.4, -0.2) is 61.9 Å². The average molecular weight is 806 g/mol. The van der Waals surface area contributed by atoms with E-state index in [0.29, 0.717) is 71.9 Å². The molecule has 0 radical (unpaired) electrons. The lowest BCUT2D eigenvalue weighted by Gasteiger charge is -2.15. The van der Waals surface area contributed by atoms with Crippen LogP contribution in [-0.2, 0) is 19.2 Å². The fraction of sp³-hybridized carbons (Fsp3) is 0.300. The van der Waals surface area contributed by atoms with Gasteiger partial charge in [0.15, 0.2) is 11.6 Å². The Labute approximate surface area is 334 Å². The molecule has 0 heterocycles. The maximum Gasteiger partial charge on any atom is 0.258 e. The van der Waals surface area contributed by atoms with Crippen molar-refractivity contribution in [2.75, 3.05) is 37.1 Å². The van der Waals surface area contributed by atoms with Crippen LogP contribution in [0.4, 0.5) is 22.7 Å². The van der Waals surface area contributed by atoms with Crippen LogP contribution in [0, 0.1) is 0 Å².